The van der Waals surface area contributed by atoms with Gasteiger partial charge in [0.15, 0.2) is 0 Å². The van der Waals surface area contributed by atoms with Gasteiger partial charge in [0.25, 0.3) is 0 Å². The lowest BCUT2D eigenvalue weighted by Crippen LogP contribution is -2.07. The molecular weight excluding hydrogens is 340 g/mol. The van der Waals surface area contributed by atoms with E-state index in [1.165, 1.54) is 7.11 Å². The maximum absolute atomic E-state index is 12.9. The molecule has 0 aliphatic rings. The zero-order valence-electron chi connectivity index (χ0n) is 15.3. The Morgan fingerprint density at radius 1 is 0.963 bits per heavy atom. The van der Waals surface area contributed by atoms with E-state index in [1.54, 1.807) is 12.1 Å². The Bertz CT molecular complexity index is 1250. The van der Waals surface area contributed by atoms with Crippen molar-refractivity contribution >= 4 is 27.7 Å². The predicted octanol–water partition coefficient (Wildman–Crippen LogP) is 5.02. The van der Waals surface area contributed by atoms with Crippen LogP contribution >= 0.6 is 0 Å². The highest BCUT2D eigenvalue weighted by atomic mass is 16.5. The first-order valence-electron chi connectivity index (χ1n) is 8.65. The molecule has 0 aliphatic heterocycles. The van der Waals surface area contributed by atoms with Gasteiger partial charge in [0.05, 0.1) is 18.1 Å². The number of esters is 1. The summed E-state index contributed by atoms with van der Waals surface area (Å²) in [5, 5.41) is 1.95. The number of methoxy groups -OCH3 is 1. The average molecular weight is 358 g/mol. The molecule has 4 aromatic rings. The van der Waals surface area contributed by atoms with Gasteiger partial charge in [-0.05, 0) is 48.2 Å². The van der Waals surface area contributed by atoms with Gasteiger partial charge >= 0.3 is 11.6 Å². The Morgan fingerprint density at radius 2 is 1.70 bits per heavy atom. The van der Waals surface area contributed by atoms with Crippen LogP contribution in [-0.2, 0) is 4.74 Å². The third-order valence-corrected chi connectivity index (χ3v) is 5.01. The monoisotopic (exact) mass is 358 g/mol. The van der Waals surface area contributed by atoms with Gasteiger partial charge in [-0.2, -0.15) is 0 Å². The molecule has 0 atom stereocenters. The number of ether oxygens (including phenoxy) is 1. The molecule has 134 valence electrons. The highest BCUT2D eigenvalue weighted by Crippen LogP contribution is 2.34. The molecule has 4 nitrogen and oxygen atoms in total. The summed E-state index contributed by atoms with van der Waals surface area (Å²) >= 11 is 0. The SMILES string of the molecule is COC(=O)c1cc(-c2ccccc2)c2c(=O)oc3c(C)c(C)ccc3c2c1. The summed E-state index contributed by atoms with van der Waals surface area (Å²) in [6.45, 7) is 3.90. The first-order chi connectivity index (χ1) is 13.0. The van der Waals surface area contributed by atoms with Crippen LogP contribution in [0.4, 0.5) is 0 Å². The molecule has 0 saturated carbocycles. The summed E-state index contributed by atoms with van der Waals surface area (Å²) in [5.41, 5.74) is 3.98. The zero-order valence-corrected chi connectivity index (χ0v) is 15.3. The quantitative estimate of drug-likeness (QED) is 0.287. The number of carbonyl (C=O) groups excluding carboxylic acids is 1. The zero-order chi connectivity index (χ0) is 19.1. The molecule has 0 radical (unpaired) electrons. The first kappa shape index (κ1) is 17.0. The number of hydrogen-bond donors (Lipinski definition) is 0. The topological polar surface area (TPSA) is 56.5 Å². The lowest BCUT2D eigenvalue weighted by atomic mass is 9.94. The van der Waals surface area contributed by atoms with Crippen LogP contribution < -0.4 is 5.63 Å². The summed E-state index contributed by atoms with van der Waals surface area (Å²) in [5.74, 6) is -0.445. The Kier molecular flexibility index (Phi) is 4.04. The molecular formula is C23H18O4. The molecule has 3 aromatic carbocycles. The van der Waals surface area contributed by atoms with Crippen molar-refractivity contribution in [3.05, 3.63) is 81.7 Å². The second kappa shape index (κ2) is 6.40. The van der Waals surface area contributed by atoms with Gasteiger partial charge in [-0.25, -0.2) is 9.59 Å². The molecule has 0 saturated heterocycles. The molecule has 0 N–H and O–H groups in total. The van der Waals surface area contributed by atoms with Gasteiger partial charge in [-0.3, -0.25) is 0 Å². The van der Waals surface area contributed by atoms with Gasteiger partial charge in [0.2, 0.25) is 0 Å². The van der Waals surface area contributed by atoms with E-state index >= 15 is 0 Å². The molecule has 0 bridgehead atoms. The third kappa shape index (κ3) is 2.70. The maximum Gasteiger partial charge on any atom is 0.344 e. The second-order valence-electron chi connectivity index (χ2n) is 6.58. The van der Waals surface area contributed by atoms with Gasteiger partial charge in [-0.15, -0.1) is 0 Å². The van der Waals surface area contributed by atoms with E-state index in [1.807, 2.05) is 56.3 Å². The molecule has 0 fully saturated rings. The van der Waals surface area contributed by atoms with Crippen LogP contribution in [0.15, 0.2) is 63.8 Å². The van der Waals surface area contributed by atoms with Crippen LogP contribution in [0.2, 0.25) is 0 Å². The number of benzene rings is 3. The van der Waals surface area contributed by atoms with Crippen LogP contribution in [0.3, 0.4) is 0 Å². The summed E-state index contributed by atoms with van der Waals surface area (Å²) < 4.78 is 10.6. The summed E-state index contributed by atoms with van der Waals surface area (Å²) in [4.78, 5) is 25.2. The van der Waals surface area contributed by atoms with Gasteiger partial charge in [0, 0.05) is 10.8 Å². The third-order valence-electron chi connectivity index (χ3n) is 5.01. The summed E-state index contributed by atoms with van der Waals surface area (Å²) in [6, 6.07) is 16.8. The smallest absolute Gasteiger partial charge is 0.344 e. The minimum atomic E-state index is -0.445. The summed E-state index contributed by atoms with van der Waals surface area (Å²) in [6.07, 6.45) is 0. The Balaban J connectivity index is 2.23. The predicted molar refractivity (Wildman–Crippen MR) is 106 cm³/mol. The van der Waals surface area contributed by atoms with Crippen LogP contribution in [-0.4, -0.2) is 13.1 Å². The van der Waals surface area contributed by atoms with Gasteiger partial charge < -0.3 is 9.15 Å². The van der Waals surface area contributed by atoms with Crippen molar-refractivity contribution in [3.63, 3.8) is 0 Å². The van der Waals surface area contributed by atoms with Crippen molar-refractivity contribution in [2.24, 2.45) is 0 Å². The highest BCUT2D eigenvalue weighted by Gasteiger charge is 2.18. The molecule has 1 aromatic heterocycles. The Labute approximate surface area is 156 Å². The lowest BCUT2D eigenvalue weighted by Gasteiger charge is -2.12. The summed E-state index contributed by atoms with van der Waals surface area (Å²) in [7, 11) is 1.35. The van der Waals surface area contributed by atoms with Gasteiger partial charge in [-0.1, -0.05) is 42.5 Å². The van der Waals surface area contributed by atoms with Crippen LogP contribution in [0.5, 0.6) is 0 Å². The number of aryl methyl sites for hydroxylation is 2. The Morgan fingerprint density at radius 3 is 2.41 bits per heavy atom. The van der Waals surface area contributed by atoms with Gasteiger partial charge in [0.1, 0.15) is 5.58 Å². The fraction of sp³-hybridized carbons (Fsp3) is 0.130. The van der Waals surface area contributed by atoms with Crippen LogP contribution in [0.25, 0.3) is 32.9 Å². The van der Waals surface area contributed by atoms with Crippen molar-refractivity contribution < 1.29 is 13.9 Å². The largest absolute Gasteiger partial charge is 0.465 e. The maximum atomic E-state index is 12.9. The van der Waals surface area contributed by atoms with Crippen LogP contribution in [0.1, 0.15) is 21.5 Å². The standard InChI is InChI=1S/C23H18O4/c1-13-9-10-17-19-12-16(22(24)26-3)11-18(15-7-5-4-6-8-15)20(19)23(25)27-21(17)14(13)2/h4-12H,1-3H3. The molecule has 1 heterocycles. The fourth-order valence-electron chi connectivity index (χ4n) is 3.43. The molecule has 27 heavy (non-hydrogen) atoms. The van der Waals surface area contributed by atoms with E-state index in [0.29, 0.717) is 27.5 Å². The normalized spacial score (nSPS) is 11.1. The highest BCUT2D eigenvalue weighted by molar-refractivity contribution is 6.12. The van der Waals surface area contributed by atoms with Crippen molar-refractivity contribution in [1.29, 1.82) is 0 Å². The first-order valence-corrected chi connectivity index (χ1v) is 8.65. The molecule has 0 unspecified atom stereocenters. The van der Waals surface area contributed by atoms with Crippen molar-refractivity contribution in [2.45, 2.75) is 13.8 Å². The molecule has 4 heteroatoms. The van der Waals surface area contributed by atoms with Crippen LogP contribution in [0, 0.1) is 13.8 Å². The molecule has 0 amide bonds. The molecule has 4 rings (SSSR count). The minimum absolute atomic E-state index is 0.397. The average Bonchev–Trinajstić information content (AvgIpc) is 2.70. The van der Waals surface area contributed by atoms with E-state index in [2.05, 4.69) is 0 Å². The fourth-order valence-corrected chi connectivity index (χ4v) is 3.43. The van der Waals surface area contributed by atoms with E-state index < -0.39 is 11.6 Å². The molecule has 0 spiro atoms. The van der Waals surface area contributed by atoms with Crippen molar-refractivity contribution in [1.82, 2.24) is 0 Å². The Hall–Kier alpha value is -3.40. The van der Waals surface area contributed by atoms with E-state index in [4.69, 9.17) is 9.15 Å². The van der Waals surface area contributed by atoms with Crippen molar-refractivity contribution in [2.75, 3.05) is 7.11 Å². The molecule has 0 aliphatic carbocycles. The van der Waals surface area contributed by atoms with E-state index in [0.717, 1.165) is 22.1 Å². The number of rotatable bonds is 2. The second-order valence-corrected chi connectivity index (χ2v) is 6.58. The van der Waals surface area contributed by atoms with Crippen molar-refractivity contribution in [3.8, 4) is 11.1 Å². The number of carbonyl (C=O) groups is 1. The minimum Gasteiger partial charge on any atom is -0.465 e. The van der Waals surface area contributed by atoms with E-state index in [-0.39, 0.29) is 0 Å². The number of fused-ring (bicyclic) bond motifs is 3. The number of hydrogen-bond acceptors (Lipinski definition) is 4. The lowest BCUT2D eigenvalue weighted by molar-refractivity contribution is 0.0601. The van der Waals surface area contributed by atoms with E-state index in [9.17, 15) is 9.59 Å².